The van der Waals surface area contributed by atoms with E-state index in [0.717, 1.165) is 96.3 Å². The fraction of sp³-hybridized carbons (Fsp3) is 0.768. The topological polar surface area (TPSA) is 78.9 Å². The van der Waals surface area contributed by atoms with Gasteiger partial charge in [0, 0.05) is 19.3 Å². The van der Waals surface area contributed by atoms with Crippen LogP contribution in [-0.4, -0.2) is 37.2 Å². The Balaban J connectivity index is 4.38. The molecule has 0 aliphatic carbocycles. The molecule has 0 spiro atoms. The summed E-state index contributed by atoms with van der Waals surface area (Å²) in [5.74, 6) is -0.909. The number of hydrogen-bond donors (Lipinski definition) is 0. The minimum Gasteiger partial charge on any atom is -0.462 e. The van der Waals surface area contributed by atoms with Gasteiger partial charge >= 0.3 is 17.9 Å². The summed E-state index contributed by atoms with van der Waals surface area (Å²) in [6, 6.07) is 0. The Morgan fingerprint density at radius 1 is 0.339 bits per heavy atom. The van der Waals surface area contributed by atoms with Crippen molar-refractivity contribution in [1.82, 2.24) is 0 Å². The van der Waals surface area contributed by atoms with Crippen LogP contribution in [0.15, 0.2) is 60.8 Å². The molecule has 6 heteroatoms. The lowest BCUT2D eigenvalue weighted by atomic mass is 10.0. The molecule has 0 aromatic carbocycles. The van der Waals surface area contributed by atoms with E-state index in [2.05, 4.69) is 81.5 Å². The molecule has 0 fully saturated rings. The van der Waals surface area contributed by atoms with Crippen molar-refractivity contribution in [1.29, 1.82) is 0 Å². The Kier molecular flexibility index (Phi) is 48.4. The summed E-state index contributed by atoms with van der Waals surface area (Å²) in [5.41, 5.74) is 0. The van der Waals surface area contributed by atoms with Gasteiger partial charge in [-0.05, 0) is 64.2 Å². The van der Waals surface area contributed by atoms with Crippen LogP contribution in [0.1, 0.15) is 258 Å². The van der Waals surface area contributed by atoms with E-state index >= 15 is 0 Å². The van der Waals surface area contributed by atoms with Gasteiger partial charge in [0.15, 0.2) is 6.10 Å². The van der Waals surface area contributed by atoms with Crippen LogP contribution in [0, 0.1) is 0 Å². The second-order valence-corrected chi connectivity index (χ2v) is 17.4. The predicted molar refractivity (Wildman–Crippen MR) is 265 cm³/mol. The number of carbonyl (C=O) groups is 3. The number of rotatable bonds is 47. The Morgan fingerprint density at radius 2 is 0.629 bits per heavy atom. The summed E-state index contributed by atoms with van der Waals surface area (Å²) < 4.78 is 16.8. The molecular weight excluding hydrogens is 769 g/mol. The average Bonchev–Trinajstić information content (AvgIpc) is 3.27. The smallest absolute Gasteiger partial charge is 0.306 e. The van der Waals surface area contributed by atoms with Crippen molar-refractivity contribution >= 4 is 17.9 Å². The normalized spacial score (nSPS) is 12.5. The molecule has 0 aliphatic heterocycles. The molecule has 0 unspecified atom stereocenters. The molecule has 358 valence electrons. The van der Waals surface area contributed by atoms with Crippen molar-refractivity contribution in [3.8, 4) is 0 Å². The van der Waals surface area contributed by atoms with Crippen molar-refractivity contribution in [2.75, 3.05) is 13.2 Å². The SMILES string of the molecule is CC/C=C\C/C=C\C/C=C\C/C=C\C/C=C\CCCCCC(=O)OC[C@@H](COC(=O)CCCCCCCCCCCC)OC(=O)CCCCCCCCCCCCCCCCC. The van der Waals surface area contributed by atoms with Crippen molar-refractivity contribution in [3.05, 3.63) is 60.8 Å². The largest absolute Gasteiger partial charge is 0.462 e. The molecule has 0 radical (unpaired) electrons. The van der Waals surface area contributed by atoms with Crippen molar-refractivity contribution in [3.63, 3.8) is 0 Å². The summed E-state index contributed by atoms with van der Waals surface area (Å²) in [6.45, 7) is 6.50. The van der Waals surface area contributed by atoms with E-state index in [1.807, 2.05) is 0 Å². The molecule has 0 saturated heterocycles. The number of unbranched alkanes of at least 4 members (excludes halogenated alkanes) is 26. The average molecular weight is 867 g/mol. The maximum absolute atomic E-state index is 12.8. The Morgan fingerprint density at radius 3 is 0.984 bits per heavy atom. The second kappa shape index (κ2) is 50.8. The number of carbonyl (C=O) groups excluding carboxylic acids is 3. The molecular formula is C56H98O6. The minimum atomic E-state index is -0.783. The number of hydrogen-bond acceptors (Lipinski definition) is 6. The van der Waals surface area contributed by atoms with Gasteiger partial charge in [0.05, 0.1) is 0 Å². The van der Waals surface area contributed by atoms with E-state index in [0.29, 0.717) is 19.3 Å². The van der Waals surface area contributed by atoms with Crippen LogP contribution < -0.4 is 0 Å². The van der Waals surface area contributed by atoms with Crippen LogP contribution in [0.5, 0.6) is 0 Å². The molecule has 0 aromatic heterocycles. The minimum absolute atomic E-state index is 0.0816. The molecule has 6 nitrogen and oxygen atoms in total. The molecule has 0 aromatic rings. The second-order valence-electron chi connectivity index (χ2n) is 17.4. The Bertz CT molecular complexity index is 1130. The molecule has 0 saturated carbocycles. The maximum Gasteiger partial charge on any atom is 0.306 e. The highest BCUT2D eigenvalue weighted by Crippen LogP contribution is 2.15. The highest BCUT2D eigenvalue weighted by atomic mass is 16.6. The van der Waals surface area contributed by atoms with Crippen LogP contribution in [0.25, 0.3) is 0 Å². The van der Waals surface area contributed by atoms with E-state index in [1.165, 1.54) is 122 Å². The summed E-state index contributed by atoms with van der Waals surface area (Å²) >= 11 is 0. The van der Waals surface area contributed by atoms with E-state index < -0.39 is 6.10 Å². The third-order valence-corrected chi connectivity index (χ3v) is 11.3. The lowest BCUT2D eigenvalue weighted by Gasteiger charge is -2.18. The first-order valence-corrected chi connectivity index (χ1v) is 26.3. The van der Waals surface area contributed by atoms with Crippen LogP contribution in [0.4, 0.5) is 0 Å². The summed E-state index contributed by atoms with van der Waals surface area (Å²) in [6.07, 6.45) is 62.0. The monoisotopic (exact) mass is 867 g/mol. The predicted octanol–water partition coefficient (Wildman–Crippen LogP) is 17.3. The van der Waals surface area contributed by atoms with Crippen molar-refractivity contribution in [2.45, 2.75) is 264 Å². The van der Waals surface area contributed by atoms with Gasteiger partial charge in [-0.15, -0.1) is 0 Å². The molecule has 0 rings (SSSR count). The molecule has 0 bridgehead atoms. The zero-order valence-electron chi connectivity index (χ0n) is 40.9. The number of allylic oxidation sites excluding steroid dienone is 10. The van der Waals surface area contributed by atoms with Gasteiger partial charge in [-0.25, -0.2) is 0 Å². The zero-order chi connectivity index (χ0) is 45.1. The fourth-order valence-electron chi connectivity index (χ4n) is 7.35. The lowest BCUT2D eigenvalue weighted by Crippen LogP contribution is -2.30. The number of esters is 3. The van der Waals surface area contributed by atoms with Crippen LogP contribution in [-0.2, 0) is 28.6 Å². The Labute approximate surface area is 383 Å². The van der Waals surface area contributed by atoms with Gasteiger partial charge in [0.2, 0.25) is 0 Å². The molecule has 0 N–H and O–H groups in total. The molecule has 0 aliphatic rings. The first kappa shape index (κ1) is 59.1. The third-order valence-electron chi connectivity index (χ3n) is 11.3. The van der Waals surface area contributed by atoms with E-state index in [-0.39, 0.29) is 31.1 Å². The van der Waals surface area contributed by atoms with Gasteiger partial charge in [-0.3, -0.25) is 14.4 Å². The molecule has 62 heavy (non-hydrogen) atoms. The summed E-state index contributed by atoms with van der Waals surface area (Å²) in [4.78, 5) is 37.9. The fourth-order valence-corrected chi connectivity index (χ4v) is 7.35. The highest BCUT2D eigenvalue weighted by Gasteiger charge is 2.19. The van der Waals surface area contributed by atoms with E-state index in [4.69, 9.17) is 14.2 Å². The maximum atomic E-state index is 12.8. The van der Waals surface area contributed by atoms with Crippen molar-refractivity contribution < 1.29 is 28.6 Å². The molecule has 1 atom stereocenters. The highest BCUT2D eigenvalue weighted by molar-refractivity contribution is 5.71. The summed E-state index contributed by atoms with van der Waals surface area (Å²) in [5, 5.41) is 0. The standard InChI is InChI=1S/C56H98O6/c1-4-7-10-13-16-19-22-24-26-27-28-29-31-32-34-37-40-43-46-49-55(58)61-52-53(51-60-54(57)48-45-42-39-36-21-18-15-12-9-6-3)62-56(59)50-47-44-41-38-35-33-30-25-23-20-17-14-11-8-5-2/h7,10,16,19,24,26,28-29,32,34,53H,4-6,8-9,11-15,17-18,20-23,25,27,30-31,33,35-52H2,1-3H3/b10-7-,19-16-,26-24-,29-28-,34-32-/t53-/m1/s1. The third kappa shape index (κ3) is 48.1. The zero-order valence-corrected chi connectivity index (χ0v) is 40.9. The van der Waals surface area contributed by atoms with Gasteiger partial charge in [-0.2, -0.15) is 0 Å². The van der Waals surface area contributed by atoms with Crippen LogP contribution in [0.3, 0.4) is 0 Å². The molecule has 0 heterocycles. The van der Waals surface area contributed by atoms with Gasteiger partial charge in [-0.1, -0.05) is 236 Å². The van der Waals surface area contributed by atoms with Crippen LogP contribution >= 0.6 is 0 Å². The van der Waals surface area contributed by atoms with Gasteiger partial charge in [0.25, 0.3) is 0 Å². The first-order valence-electron chi connectivity index (χ1n) is 26.3. The molecule has 0 amide bonds. The number of ether oxygens (including phenoxy) is 3. The van der Waals surface area contributed by atoms with E-state index in [1.54, 1.807) is 0 Å². The Hall–Kier alpha value is -2.89. The van der Waals surface area contributed by atoms with E-state index in [9.17, 15) is 14.4 Å². The lowest BCUT2D eigenvalue weighted by molar-refractivity contribution is -0.167. The van der Waals surface area contributed by atoms with Gasteiger partial charge < -0.3 is 14.2 Å². The van der Waals surface area contributed by atoms with Crippen molar-refractivity contribution in [2.24, 2.45) is 0 Å². The summed E-state index contributed by atoms with van der Waals surface area (Å²) in [7, 11) is 0. The first-order chi connectivity index (χ1) is 30.5. The van der Waals surface area contributed by atoms with Crippen LogP contribution in [0.2, 0.25) is 0 Å². The quantitative estimate of drug-likeness (QED) is 0.0262. The van der Waals surface area contributed by atoms with Gasteiger partial charge in [0.1, 0.15) is 13.2 Å².